The highest BCUT2D eigenvalue weighted by Crippen LogP contribution is 2.31. The normalized spacial score (nSPS) is 11.1. The molecule has 0 spiro atoms. The van der Waals surface area contributed by atoms with E-state index in [0.717, 1.165) is 27.3 Å². The van der Waals surface area contributed by atoms with Gasteiger partial charge < -0.3 is 9.30 Å². The monoisotopic (exact) mass is 375 g/mol. The molecule has 0 fully saturated rings. The quantitative estimate of drug-likeness (QED) is 0.551. The van der Waals surface area contributed by atoms with Gasteiger partial charge in [0.1, 0.15) is 5.75 Å². The summed E-state index contributed by atoms with van der Waals surface area (Å²) in [6.45, 7) is 2.54. The van der Waals surface area contributed by atoms with Crippen LogP contribution in [0.25, 0.3) is 27.8 Å². The lowest BCUT2D eigenvalue weighted by atomic mass is 10.1. The fraction of sp³-hybridized carbons (Fsp3) is 0.182. The molecule has 142 valence electrons. The zero-order valence-electron chi connectivity index (χ0n) is 16.0. The molecule has 4 rings (SSSR count). The summed E-state index contributed by atoms with van der Waals surface area (Å²) in [5, 5.41) is 0.518. The molecule has 0 amide bonds. The van der Waals surface area contributed by atoms with Gasteiger partial charge in [0.05, 0.1) is 23.2 Å². The molecule has 0 saturated heterocycles. The minimum absolute atomic E-state index is 0.304. The Labute approximate surface area is 161 Å². The molecule has 0 N–H and O–H groups in total. The summed E-state index contributed by atoms with van der Waals surface area (Å²) in [5.41, 5.74) is 2.49. The number of ether oxygens (including phenoxy) is 1. The molecule has 0 aliphatic heterocycles. The van der Waals surface area contributed by atoms with Gasteiger partial charge in [-0.2, -0.15) is 0 Å². The van der Waals surface area contributed by atoms with Gasteiger partial charge in [0.2, 0.25) is 0 Å². The van der Waals surface area contributed by atoms with Gasteiger partial charge in [0, 0.05) is 26.0 Å². The summed E-state index contributed by atoms with van der Waals surface area (Å²) < 4.78 is 10.1. The molecule has 0 aliphatic carbocycles. The van der Waals surface area contributed by atoms with E-state index in [4.69, 9.17) is 4.74 Å². The van der Waals surface area contributed by atoms with E-state index in [0.29, 0.717) is 17.5 Å². The molecule has 0 atom stereocenters. The maximum Gasteiger partial charge on any atom is 0.330 e. The second-order valence-electron chi connectivity index (χ2n) is 6.61. The van der Waals surface area contributed by atoms with Crippen molar-refractivity contribution in [2.45, 2.75) is 6.92 Å². The Hall–Kier alpha value is -3.54. The summed E-state index contributed by atoms with van der Waals surface area (Å²) in [6.07, 6.45) is 1.84. The van der Waals surface area contributed by atoms with E-state index in [1.807, 2.05) is 72.3 Å². The van der Waals surface area contributed by atoms with Crippen LogP contribution >= 0.6 is 0 Å². The second kappa shape index (κ2) is 6.88. The SMILES string of the molecule is CCOc1ccc(-n2cc3c(c2-c2ccccc2)c(=O)n(C)c(=O)n3C)cc1. The van der Waals surface area contributed by atoms with Crippen LogP contribution in [0.4, 0.5) is 0 Å². The van der Waals surface area contributed by atoms with Gasteiger partial charge in [-0.1, -0.05) is 30.3 Å². The molecule has 2 aromatic heterocycles. The lowest BCUT2D eigenvalue weighted by Gasteiger charge is -2.11. The molecular formula is C22H21N3O3. The average molecular weight is 375 g/mol. The molecule has 28 heavy (non-hydrogen) atoms. The summed E-state index contributed by atoms with van der Waals surface area (Å²) in [6, 6.07) is 17.4. The Kier molecular flexibility index (Phi) is 4.39. The van der Waals surface area contributed by atoms with Crippen LogP contribution in [0.5, 0.6) is 5.75 Å². The number of rotatable bonds is 4. The third-order valence-corrected chi connectivity index (χ3v) is 4.91. The Bertz CT molecular complexity index is 1260. The van der Waals surface area contributed by atoms with Crippen molar-refractivity contribution in [2.24, 2.45) is 14.1 Å². The predicted molar refractivity (Wildman–Crippen MR) is 110 cm³/mol. The van der Waals surface area contributed by atoms with Gasteiger partial charge in [0.15, 0.2) is 0 Å². The van der Waals surface area contributed by atoms with Crippen LogP contribution in [0, 0.1) is 0 Å². The number of fused-ring (bicyclic) bond motifs is 1. The molecule has 2 aromatic carbocycles. The summed E-state index contributed by atoms with van der Waals surface area (Å²) in [7, 11) is 3.19. The lowest BCUT2D eigenvalue weighted by Crippen LogP contribution is -2.36. The van der Waals surface area contributed by atoms with Crippen molar-refractivity contribution in [3.05, 3.63) is 81.6 Å². The van der Waals surface area contributed by atoms with E-state index >= 15 is 0 Å². The molecule has 0 bridgehead atoms. The average Bonchev–Trinajstić information content (AvgIpc) is 3.13. The largest absolute Gasteiger partial charge is 0.494 e. The number of hydrogen-bond acceptors (Lipinski definition) is 3. The smallest absolute Gasteiger partial charge is 0.330 e. The Morgan fingerprint density at radius 2 is 1.57 bits per heavy atom. The minimum Gasteiger partial charge on any atom is -0.494 e. The van der Waals surface area contributed by atoms with E-state index < -0.39 is 0 Å². The third kappa shape index (κ3) is 2.74. The van der Waals surface area contributed by atoms with Crippen molar-refractivity contribution in [2.75, 3.05) is 6.61 Å². The van der Waals surface area contributed by atoms with Crippen LogP contribution < -0.4 is 16.0 Å². The number of hydrogen-bond donors (Lipinski definition) is 0. The highest BCUT2D eigenvalue weighted by molar-refractivity contribution is 5.94. The van der Waals surface area contributed by atoms with Crippen molar-refractivity contribution in [1.29, 1.82) is 0 Å². The molecule has 2 heterocycles. The molecular weight excluding hydrogens is 354 g/mol. The van der Waals surface area contributed by atoms with Gasteiger partial charge >= 0.3 is 5.69 Å². The maximum absolute atomic E-state index is 13.0. The van der Waals surface area contributed by atoms with Crippen LogP contribution in [0.2, 0.25) is 0 Å². The first-order chi connectivity index (χ1) is 13.5. The van der Waals surface area contributed by atoms with Gasteiger partial charge in [0.25, 0.3) is 5.56 Å². The standard InChI is InChI=1S/C22H21N3O3/c1-4-28-17-12-10-16(11-13-17)25-14-18-19(20(25)15-8-6-5-7-9-15)21(26)24(3)22(27)23(18)2/h5-14H,4H2,1-3H3. The topological polar surface area (TPSA) is 58.2 Å². The number of aryl methyl sites for hydroxylation is 1. The summed E-state index contributed by atoms with van der Waals surface area (Å²) in [5.74, 6) is 0.785. The molecule has 0 unspecified atom stereocenters. The van der Waals surface area contributed by atoms with Crippen molar-refractivity contribution in [3.63, 3.8) is 0 Å². The number of aromatic nitrogens is 3. The molecule has 6 nitrogen and oxygen atoms in total. The zero-order valence-corrected chi connectivity index (χ0v) is 16.0. The van der Waals surface area contributed by atoms with E-state index in [9.17, 15) is 9.59 Å². The van der Waals surface area contributed by atoms with Gasteiger partial charge in [-0.15, -0.1) is 0 Å². The number of benzene rings is 2. The molecule has 6 heteroatoms. The first-order valence-electron chi connectivity index (χ1n) is 9.12. The minimum atomic E-state index is -0.346. The van der Waals surface area contributed by atoms with Gasteiger partial charge in [-0.3, -0.25) is 13.9 Å². The van der Waals surface area contributed by atoms with Crippen molar-refractivity contribution >= 4 is 10.9 Å². The van der Waals surface area contributed by atoms with Crippen LogP contribution in [-0.4, -0.2) is 20.3 Å². The van der Waals surface area contributed by atoms with E-state index in [1.54, 1.807) is 7.05 Å². The molecule has 0 radical (unpaired) electrons. The van der Waals surface area contributed by atoms with E-state index in [1.165, 1.54) is 11.6 Å². The second-order valence-corrected chi connectivity index (χ2v) is 6.61. The van der Waals surface area contributed by atoms with Crippen molar-refractivity contribution in [1.82, 2.24) is 13.7 Å². The Morgan fingerprint density at radius 1 is 0.893 bits per heavy atom. The first kappa shape index (κ1) is 17.9. The Balaban J connectivity index is 2.09. The molecule has 4 aromatic rings. The highest BCUT2D eigenvalue weighted by Gasteiger charge is 2.20. The van der Waals surface area contributed by atoms with Gasteiger partial charge in [-0.25, -0.2) is 4.79 Å². The predicted octanol–water partition coefficient (Wildman–Crippen LogP) is 3.09. The zero-order chi connectivity index (χ0) is 19.8. The van der Waals surface area contributed by atoms with Crippen LogP contribution in [0.1, 0.15) is 6.92 Å². The van der Waals surface area contributed by atoms with Crippen molar-refractivity contribution < 1.29 is 4.74 Å². The Morgan fingerprint density at radius 3 is 2.21 bits per heavy atom. The third-order valence-electron chi connectivity index (χ3n) is 4.91. The highest BCUT2D eigenvalue weighted by atomic mass is 16.5. The first-order valence-corrected chi connectivity index (χ1v) is 9.12. The fourth-order valence-corrected chi connectivity index (χ4v) is 3.49. The number of nitrogens with zero attached hydrogens (tertiary/aromatic N) is 3. The van der Waals surface area contributed by atoms with E-state index in [2.05, 4.69) is 0 Å². The van der Waals surface area contributed by atoms with Crippen LogP contribution in [0.3, 0.4) is 0 Å². The fourth-order valence-electron chi connectivity index (χ4n) is 3.49. The van der Waals surface area contributed by atoms with Crippen LogP contribution in [-0.2, 0) is 14.1 Å². The lowest BCUT2D eigenvalue weighted by molar-refractivity contribution is 0.340. The van der Waals surface area contributed by atoms with Crippen LogP contribution in [0.15, 0.2) is 70.4 Å². The van der Waals surface area contributed by atoms with Gasteiger partial charge in [-0.05, 0) is 36.8 Å². The van der Waals surface area contributed by atoms with E-state index in [-0.39, 0.29) is 11.2 Å². The molecule has 0 saturated carbocycles. The summed E-state index contributed by atoms with van der Waals surface area (Å²) >= 11 is 0. The molecule has 0 aliphatic rings. The van der Waals surface area contributed by atoms with Crippen molar-refractivity contribution in [3.8, 4) is 22.7 Å². The summed E-state index contributed by atoms with van der Waals surface area (Å²) in [4.78, 5) is 25.4. The maximum atomic E-state index is 13.0.